The van der Waals surface area contributed by atoms with Gasteiger partial charge in [0, 0.05) is 25.0 Å². The van der Waals surface area contributed by atoms with Crippen LogP contribution in [0.2, 0.25) is 0 Å². The number of aromatic nitrogens is 2. The van der Waals surface area contributed by atoms with Crippen LogP contribution in [0.4, 0.5) is 13.6 Å². The molecular weight excluding hydrogens is 584 g/mol. The van der Waals surface area contributed by atoms with E-state index < -0.39 is 40.8 Å². The summed E-state index contributed by atoms with van der Waals surface area (Å²) in [6.07, 6.45) is 2.89. The van der Waals surface area contributed by atoms with Gasteiger partial charge in [-0.3, -0.25) is 4.79 Å². The second-order valence-electron chi connectivity index (χ2n) is 12.1. The lowest BCUT2D eigenvalue weighted by atomic mass is 9.85. The highest BCUT2D eigenvalue weighted by atomic mass is 19.1. The number of ketones is 1. The topological polar surface area (TPSA) is 112 Å². The first-order valence-electron chi connectivity index (χ1n) is 14.3. The Morgan fingerprint density at radius 2 is 1.76 bits per heavy atom. The minimum atomic E-state index is -1.40. The molecule has 0 fully saturated rings. The number of imidazole rings is 1. The first kappa shape index (κ1) is 31.4. The molecule has 0 spiro atoms. The Bertz CT molecular complexity index is 1900. The lowest BCUT2D eigenvalue weighted by Crippen LogP contribution is -2.31. The average molecular weight is 618 g/mol. The van der Waals surface area contributed by atoms with Gasteiger partial charge < -0.3 is 23.7 Å². The maximum atomic E-state index is 14.0. The quantitative estimate of drug-likeness (QED) is 0.280. The minimum absolute atomic E-state index is 0.0184. The summed E-state index contributed by atoms with van der Waals surface area (Å²) >= 11 is 0. The van der Waals surface area contributed by atoms with E-state index in [0.717, 1.165) is 6.07 Å². The van der Waals surface area contributed by atoms with Gasteiger partial charge in [0.05, 0.1) is 30.2 Å². The predicted molar refractivity (Wildman–Crippen MR) is 161 cm³/mol. The normalized spacial score (nSPS) is 15.0. The highest BCUT2D eigenvalue weighted by Crippen LogP contribution is 2.40. The number of hydrogen-bond acceptors (Lipinski definition) is 5. The minimum Gasteiger partial charge on any atom is -0.491 e. The smallest absolute Gasteiger partial charge is 0.437 e. The van der Waals surface area contributed by atoms with Crippen LogP contribution < -0.4 is 10.4 Å². The summed E-state index contributed by atoms with van der Waals surface area (Å²) in [5.41, 5.74) is 2.55. The van der Waals surface area contributed by atoms with E-state index in [1.165, 1.54) is 24.3 Å². The molecule has 2 heterocycles. The summed E-state index contributed by atoms with van der Waals surface area (Å²) in [5.74, 6) is -3.18. The molecule has 234 valence electrons. The van der Waals surface area contributed by atoms with E-state index in [1.54, 1.807) is 68.4 Å². The molecule has 1 aliphatic heterocycles. The van der Waals surface area contributed by atoms with Crippen LogP contribution in [0.3, 0.4) is 0 Å². The maximum absolute atomic E-state index is 14.0. The Morgan fingerprint density at radius 1 is 1.02 bits per heavy atom. The molecule has 45 heavy (non-hydrogen) atoms. The molecular formula is C34H33F2N3O6. The number of carbonyl (C=O) groups is 3. The molecule has 5 rings (SSSR count). The van der Waals surface area contributed by atoms with Crippen LogP contribution in [0.5, 0.6) is 5.75 Å². The van der Waals surface area contributed by atoms with E-state index in [1.807, 2.05) is 6.07 Å². The van der Waals surface area contributed by atoms with Gasteiger partial charge in [-0.1, -0.05) is 12.1 Å². The molecule has 1 aliphatic rings. The monoisotopic (exact) mass is 617 g/mol. The number of hydrogen-bond donors (Lipinski definition) is 1. The summed E-state index contributed by atoms with van der Waals surface area (Å²) in [6, 6.07) is 11.7. The van der Waals surface area contributed by atoms with Crippen molar-refractivity contribution in [2.75, 3.05) is 6.61 Å². The molecule has 4 aromatic rings. The number of carbonyl (C=O) groups excluding carboxylic acids is 2. The lowest BCUT2D eigenvalue weighted by molar-refractivity contribution is 0.0592. The third-order valence-electron chi connectivity index (χ3n) is 7.42. The number of fused-ring (bicyclic) bond motifs is 1. The fourth-order valence-corrected chi connectivity index (χ4v) is 5.37. The molecule has 1 N–H and O–H groups in total. The number of carboxylic acids is 1. The molecule has 0 unspecified atom stereocenters. The maximum Gasteiger partial charge on any atom is 0.437 e. The highest BCUT2D eigenvalue weighted by Gasteiger charge is 2.32. The van der Waals surface area contributed by atoms with Gasteiger partial charge >= 0.3 is 12.1 Å². The third-order valence-corrected chi connectivity index (χ3v) is 7.42. The van der Waals surface area contributed by atoms with Crippen molar-refractivity contribution in [1.29, 1.82) is 0 Å². The summed E-state index contributed by atoms with van der Waals surface area (Å²) < 4.78 is 43.0. The van der Waals surface area contributed by atoms with E-state index in [2.05, 4.69) is 4.99 Å². The van der Waals surface area contributed by atoms with Crippen LogP contribution in [0.25, 0.3) is 11.1 Å². The van der Waals surface area contributed by atoms with E-state index in [9.17, 15) is 28.3 Å². The van der Waals surface area contributed by atoms with Crippen molar-refractivity contribution in [2.45, 2.75) is 46.3 Å². The van der Waals surface area contributed by atoms with Gasteiger partial charge in [0.25, 0.3) is 0 Å². The largest absolute Gasteiger partial charge is 0.491 e. The van der Waals surface area contributed by atoms with Crippen LogP contribution in [-0.4, -0.2) is 44.3 Å². The molecule has 0 radical (unpaired) electrons. The van der Waals surface area contributed by atoms with Crippen LogP contribution in [0.1, 0.15) is 58.2 Å². The second kappa shape index (κ2) is 12.1. The van der Waals surface area contributed by atoms with Crippen molar-refractivity contribution in [1.82, 2.24) is 9.13 Å². The zero-order valence-corrected chi connectivity index (χ0v) is 25.6. The van der Waals surface area contributed by atoms with Crippen molar-refractivity contribution < 1.29 is 37.7 Å². The Labute approximate surface area is 258 Å². The van der Waals surface area contributed by atoms with Crippen molar-refractivity contribution >= 4 is 17.8 Å². The number of Topliss-reactive ketones (excluding diaryl/α,β-unsaturated/α-hetero) is 1. The second-order valence-corrected chi connectivity index (χ2v) is 12.1. The SMILES string of the molecule is Cc1cc(F)ccc1-c1cc(Cn2ccn(C)/c2=N\C(=O)OC(C)(C)C)cc2c1OC[C@H](Cc1ccc(F)c(C(=O)O)c1)C2=O. The number of nitrogens with zero attached hydrogens (tertiary/aromatic N) is 3. The molecule has 11 heteroatoms. The van der Waals surface area contributed by atoms with E-state index >= 15 is 0 Å². The van der Waals surface area contributed by atoms with Gasteiger partial charge in [-0.05, 0) is 92.8 Å². The van der Waals surface area contributed by atoms with Crippen molar-refractivity contribution in [3.63, 3.8) is 0 Å². The molecule has 1 amide bonds. The van der Waals surface area contributed by atoms with Gasteiger partial charge in [-0.2, -0.15) is 0 Å². The number of ether oxygens (including phenoxy) is 2. The number of rotatable bonds is 6. The number of aryl methyl sites for hydroxylation is 2. The third kappa shape index (κ3) is 6.87. The molecule has 3 aromatic carbocycles. The number of halogens is 2. The fourth-order valence-electron chi connectivity index (χ4n) is 5.37. The van der Waals surface area contributed by atoms with Crippen LogP contribution in [0, 0.1) is 24.5 Å². The molecule has 1 aromatic heterocycles. The van der Waals surface area contributed by atoms with Crippen molar-refractivity contribution in [2.24, 2.45) is 18.0 Å². The zero-order valence-electron chi connectivity index (χ0n) is 25.6. The van der Waals surface area contributed by atoms with E-state index in [-0.39, 0.29) is 25.4 Å². The summed E-state index contributed by atoms with van der Waals surface area (Å²) in [5, 5.41) is 9.34. The zero-order chi connectivity index (χ0) is 32.6. The number of aromatic carboxylic acids is 1. The standard InChI is InChI=1S/C34H33F2N3O6/c1-19-12-23(35)7-8-24(19)25-15-21(17-39-11-10-38(5)32(39)37-33(43)45-34(2,3)4)16-27-29(40)22(18-44-30(25)27)13-20-6-9-28(36)26(14-20)31(41)42/h6-12,14-16,22H,13,17-18H2,1-5H3,(H,41,42)/b37-32+/t22-/m0/s1. The van der Waals surface area contributed by atoms with Crippen LogP contribution in [-0.2, 0) is 24.8 Å². The first-order chi connectivity index (χ1) is 21.2. The first-order valence-corrected chi connectivity index (χ1v) is 14.3. The lowest BCUT2D eigenvalue weighted by Gasteiger charge is -2.27. The van der Waals surface area contributed by atoms with Gasteiger partial charge in [0.1, 0.15) is 23.0 Å². The Morgan fingerprint density at radius 3 is 2.44 bits per heavy atom. The number of amides is 1. The predicted octanol–water partition coefficient (Wildman–Crippen LogP) is 6.10. The fraction of sp³-hybridized carbons (Fsp3) is 0.294. The van der Waals surface area contributed by atoms with Gasteiger partial charge in [0.2, 0.25) is 5.62 Å². The molecule has 0 saturated heterocycles. The van der Waals surface area contributed by atoms with Crippen LogP contribution >= 0.6 is 0 Å². The molecule has 0 aliphatic carbocycles. The van der Waals surface area contributed by atoms with Gasteiger partial charge in [-0.15, -0.1) is 4.99 Å². The van der Waals surface area contributed by atoms with E-state index in [4.69, 9.17) is 9.47 Å². The molecule has 0 saturated carbocycles. The van der Waals surface area contributed by atoms with E-state index in [0.29, 0.717) is 44.7 Å². The Hall–Kier alpha value is -5.06. The van der Waals surface area contributed by atoms with Gasteiger partial charge in [0.15, 0.2) is 5.78 Å². The number of carboxylic acid groups (broad SMARTS) is 1. The van der Waals surface area contributed by atoms with Crippen molar-refractivity contribution in [3.8, 4) is 16.9 Å². The van der Waals surface area contributed by atoms with Crippen LogP contribution in [0.15, 0.2) is 65.9 Å². The highest BCUT2D eigenvalue weighted by molar-refractivity contribution is 6.04. The van der Waals surface area contributed by atoms with Gasteiger partial charge in [-0.25, -0.2) is 18.4 Å². The summed E-state index contributed by atoms with van der Waals surface area (Å²) in [4.78, 5) is 42.1. The molecule has 1 atom stereocenters. The summed E-state index contributed by atoms with van der Waals surface area (Å²) in [7, 11) is 1.74. The average Bonchev–Trinajstić information content (AvgIpc) is 3.28. The Balaban J connectivity index is 1.57. The Kier molecular flexibility index (Phi) is 8.46. The van der Waals surface area contributed by atoms with Crippen molar-refractivity contribution in [3.05, 3.63) is 106 Å². The number of benzene rings is 3. The molecule has 0 bridgehead atoms. The summed E-state index contributed by atoms with van der Waals surface area (Å²) in [6.45, 7) is 7.26. The molecule has 9 nitrogen and oxygen atoms in total.